The van der Waals surface area contributed by atoms with Crippen molar-refractivity contribution in [1.82, 2.24) is 0 Å². The van der Waals surface area contributed by atoms with Crippen molar-refractivity contribution in [2.24, 2.45) is 0 Å². The van der Waals surface area contributed by atoms with Crippen LogP contribution in [0.25, 0.3) is 0 Å². The molecule has 0 aromatic heterocycles. The van der Waals surface area contributed by atoms with Crippen LogP contribution in [0, 0.1) is 0 Å². The van der Waals surface area contributed by atoms with Crippen molar-refractivity contribution in [3.63, 3.8) is 0 Å². The second-order valence-corrected chi connectivity index (χ2v) is 0. The Kier molecular flexibility index (Phi) is 206. The van der Waals surface area contributed by atoms with E-state index < -0.39 is 0 Å². The Morgan fingerprint density at radius 3 is 1.00 bits per heavy atom. The van der Waals surface area contributed by atoms with Crippen LogP contribution in [-0.4, -0.2) is 43.3 Å². The fourth-order valence-electron chi connectivity index (χ4n) is 0. The summed E-state index contributed by atoms with van der Waals surface area (Å²) >= 11 is 0. The molecule has 0 aromatic rings. The van der Waals surface area contributed by atoms with Gasteiger partial charge in [-0.1, -0.05) is 0 Å². The summed E-state index contributed by atoms with van der Waals surface area (Å²) in [5.41, 5.74) is 0. The van der Waals surface area contributed by atoms with Crippen LogP contribution in [0.5, 0.6) is 0 Å². The van der Waals surface area contributed by atoms with Gasteiger partial charge in [-0.3, -0.25) is 0 Å². The number of hydrogen-bond donors (Lipinski definition) is 0. The summed E-state index contributed by atoms with van der Waals surface area (Å²) in [5.74, 6) is 0. The van der Waals surface area contributed by atoms with E-state index in [0.717, 1.165) is 0 Å². The molecule has 0 aliphatic carbocycles. The minimum absolute atomic E-state index is 0. The molecule has 0 unspecified atom stereocenters. The van der Waals surface area contributed by atoms with E-state index in [1.54, 1.807) is 0 Å². The smallest absolute Gasteiger partial charge is 0 e. The molecule has 0 bridgehead atoms. The monoisotopic (exact) mass is 361 g/mol. The van der Waals surface area contributed by atoms with Gasteiger partial charge in [-0.15, -0.1) is 0 Å². The normalized spacial score (nSPS) is 0. The standard InChI is InChI=1S/Bi.Fe.O.Se. The molecule has 0 spiro atoms. The Hall–Kier alpha value is 1.88. The SMILES string of the molecule is [Bi].[Fe].[O].[Se]. The Labute approximate surface area is 65.3 Å². The zero-order valence-corrected chi connectivity index (χ0v) is 7.91. The molecular formula is BiFeOSe. The maximum absolute atomic E-state index is 0. The van der Waals surface area contributed by atoms with Gasteiger partial charge in [0, 0.05) is 65.8 Å². The van der Waals surface area contributed by atoms with Crippen LogP contribution >= 0.6 is 0 Å². The van der Waals surface area contributed by atoms with Crippen molar-refractivity contribution >= 4 is 43.3 Å². The van der Waals surface area contributed by atoms with Crippen molar-refractivity contribution in [3.8, 4) is 0 Å². The van der Waals surface area contributed by atoms with E-state index in [-0.39, 0.29) is 65.8 Å². The van der Waals surface area contributed by atoms with E-state index in [9.17, 15) is 0 Å². The van der Waals surface area contributed by atoms with Gasteiger partial charge >= 0.3 is 0 Å². The van der Waals surface area contributed by atoms with Crippen LogP contribution in [-0.2, 0) is 22.5 Å². The van der Waals surface area contributed by atoms with Crippen LogP contribution in [0.4, 0.5) is 0 Å². The van der Waals surface area contributed by atoms with Crippen LogP contribution in [0.15, 0.2) is 0 Å². The molecule has 0 saturated heterocycles. The molecule has 0 fully saturated rings. The second-order valence-electron chi connectivity index (χ2n) is 0. The molecule has 25 valence electrons. The van der Waals surface area contributed by atoms with Gasteiger partial charge in [-0.2, -0.15) is 0 Å². The third-order valence-corrected chi connectivity index (χ3v) is 0. The summed E-state index contributed by atoms with van der Waals surface area (Å²) in [6.45, 7) is 0. The van der Waals surface area contributed by atoms with Crippen molar-refractivity contribution < 1.29 is 22.5 Å². The first-order chi connectivity index (χ1) is 0. The van der Waals surface area contributed by atoms with E-state index in [4.69, 9.17) is 0 Å². The molecule has 0 aliphatic rings. The van der Waals surface area contributed by atoms with Crippen molar-refractivity contribution in [3.05, 3.63) is 0 Å². The van der Waals surface area contributed by atoms with Crippen molar-refractivity contribution in [1.29, 1.82) is 0 Å². The van der Waals surface area contributed by atoms with Crippen LogP contribution < -0.4 is 0 Å². The molecule has 0 rings (SSSR count). The summed E-state index contributed by atoms with van der Waals surface area (Å²) in [6.07, 6.45) is 0. The minimum atomic E-state index is 0. The first kappa shape index (κ1) is 39.6. The fraction of sp³-hybridized carbons (Fsp3) is 0. The maximum Gasteiger partial charge on any atom is 0 e. The molecule has 0 aliphatic heterocycles. The molecule has 4 heteroatoms. The average molecular weight is 360 g/mol. The van der Waals surface area contributed by atoms with Crippen molar-refractivity contribution in [2.75, 3.05) is 0 Å². The summed E-state index contributed by atoms with van der Waals surface area (Å²) in [4.78, 5) is 0. The molecule has 0 amide bonds. The topological polar surface area (TPSA) is 28.5 Å². The Bertz CT molecular complexity index is 8.00. The van der Waals surface area contributed by atoms with E-state index in [1.165, 1.54) is 0 Å². The molecule has 0 saturated carbocycles. The third-order valence-electron chi connectivity index (χ3n) is 0. The predicted molar refractivity (Wildman–Crippen MR) is 12.2 cm³/mol. The first-order valence-electron chi connectivity index (χ1n) is 0. The Morgan fingerprint density at radius 1 is 1.00 bits per heavy atom. The Morgan fingerprint density at radius 2 is 1.00 bits per heavy atom. The summed E-state index contributed by atoms with van der Waals surface area (Å²) < 4.78 is 0. The van der Waals surface area contributed by atoms with Gasteiger partial charge in [0.15, 0.2) is 0 Å². The molecule has 1 nitrogen and oxygen atoms in total. The molecule has 0 aromatic carbocycles. The zero-order chi connectivity index (χ0) is 0. The van der Waals surface area contributed by atoms with E-state index in [0.29, 0.717) is 0 Å². The summed E-state index contributed by atoms with van der Waals surface area (Å²) in [5, 5.41) is 0. The van der Waals surface area contributed by atoms with Gasteiger partial charge in [-0.05, 0) is 0 Å². The average Bonchev–Trinajstić information content (AvgIpc) is 0. The molecule has 7 radical (unpaired) electrons. The molecule has 4 heavy (non-hydrogen) atoms. The molecule has 0 heterocycles. The number of hydrogen-bond acceptors (Lipinski definition) is 0. The van der Waals surface area contributed by atoms with Gasteiger partial charge in [0.05, 0.1) is 0 Å². The van der Waals surface area contributed by atoms with E-state index in [1.807, 2.05) is 0 Å². The first-order valence-corrected chi connectivity index (χ1v) is 0. The molecule has 0 N–H and O–H groups in total. The van der Waals surface area contributed by atoms with Gasteiger partial charge in [-0.25, -0.2) is 0 Å². The number of rotatable bonds is 0. The Balaban J connectivity index is 0. The van der Waals surface area contributed by atoms with Gasteiger partial charge < -0.3 is 0 Å². The van der Waals surface area contributed by atoms with E-state index in [2.05, 4.69) is 0 Å². The zero-order valence-electron chi connectivity index (χ0n) is 1.62. The predicted octanol–water partition coefficient (Wildman–Crippen LogP) is -0.883. The minimum Gasteiger partial charge on any atom is 0 e. The fourth-order valence-corrected chi connectivity index (χ4v) is 0. The van der Waals surface area contributed by atoms with Crippen molar-refractivity contribution in [2.45, 2.75) is 0 Å². The maximum atomic E-state index is 0. The van der Waals surface area contributed by atoms with Crippen LogP contribution in [0.1, 0.15) is 0 Å². The summed E-state index contributed by atoms with van der Waals surface area (Å²) in [7, 11) is 0. The molecular weight excluding hydrogens is 360 g/mol. The van der Waals surface area contributed by atoms with Gasteiger partial charge in [0.25, 0.3) is 0 Å². The quantitative estimate of drug-likeness (QED) is 0.503. The van der Waals surface area contributed by atoms with Gasteiger partial charge in [0.2, 0.25) is 0 Å². The van der Waals surface area contributed by atoms with E-state index >= 15 is 0 Å². The second kappa shape index (κ2) is 20.8. The summed E-state index contributed by atoms with van der Waals surface area (Å²) in [6, 6.07) is 0. The van der Waals surface area contributed by atoms with Crippen LogP contribution in [0.2, 0.25) is 0 Å². The molecule has 0 atom stereocenters. The largest absolute Gasteiger partial charge is 0 e. The third kappa shape index (κ3) is 9.10. The van der Waals surface area contributed by atoms with Gasteiger partial charge in [0.1, 0.15) is 0 Å². The van der Waals surface area contributed by atoms with Crippen LogP contribution in [0.3, 0.4) is 0 Å².